The van der Waals surface area contributed by atoms with Gasteiger partial charge in [-0.25, -0.2) is 13.2 Å². The summed E-state index contributed by atoms with van der Waals surface area (Å²) < 4.78 is 32.0. The van der Waals surface area contributed by atoms with Crippen molar-refractivity contribution >= 4 is 45.3 Å². The SMILES string of the molecule is C[C@@H](C(=O)OCC(=O)N1CCN(S(=O)(=O)c2ccc(Cl)cc2)CC1)N1C(=O)[C@@H]2CCCC[C@H]2C1=O. The maximum atomic E-state index is 12.8. The highest BCUT2D eigenvalue weighted by atomic mass is 35.5. The molecule has 2 aliphatic heterocycles. The summed E-state index contributed by atoms with van der Waals surface area (Å²) in [5.41, 5.74) is 0. The van der Waals surface area contributed by atoms with Crippen LogP contribution in [-0.4, -0.2) is 85.0 Å². The molecule has 1 saturated carbocycles. The first-order valence-corrected chi connectivity index (χ1v) is 13.5. The normalized spacial score (nSPS) is 24.3. The second-order valence-electron chi connectivity index (χ2n) is 9.07. The molecule has 0 N–H and O–H groups in total. The van der Waals surface area contributed by atoms with E-state index in [2.05, 4.69) is 0 Å². The fourth-order valence-corrected chi connectivity index (χ4v) is 6.50. The number of hydrogen-bond donors (Lipinski definition) is 0. The van der Waals surface area contributed by atoms with Crippen LogP contribution in [0.25, 0.3) is 0 Å². The van der Waals surface area contributed by atoms with Crippen LogP contribution in [-0.2, 0) is 33.9 Å². The fraction of sp³-hybridized carbons (Fsp3) is 0.565. The maximum Gasteiger partial charge on any atom is 0.329 e. The summed E-state index contributed by atoms with van der Waals surface area (Å²) in [7, 11) is -3.71. The predicted octanol–water partition coefficient (Wildman–Crippen LogP) is 1.28. The van der Waals surface area contributed by atoms with Crippen molar-refractivity contribution in [2.45, 2.75) is 43.5 Å². The lowest BCUT2D eigenvalue weighted by Gasteiger charge is -2.34. The molecule has 0 unspecified atom stereocenters. The summed E-state index contributed by atoms with van der Waals surface area (Å²) in [6.07, 6.45) is 3.06. The van der Waals surface area contributed by atoms with Crippen molar-refractivity contribution in [3.05, 3.63) is 29.3 Å². The van der Waals surface area contributed by atoms with Crippen molar-refractivity contribution in [1.82, 2.24) is 14.1 Å². The van der Waals surface area contributed by atoms with E-state index < -0.39 is 34.5 Å². The monoisotopic (exact) mass is 525 g/mol. The molecule has 2 heterocycles. The van der Waals surface area contributed by atoms with Crippen molar-refractivity contribution < 1.29 is 32.3 Å². The van der Waals surface area contributed by atoms with Crippen molar-refractivity contribution in [1.29, 1.82) is 0 Å². The zero-order valence-corrected chi connectivity index (χ0v) is 21.0. The van der Waals surface area contributed by atoms with Gasteiger partial charge in [-0.2, -0.15) is 4.31 Å². The van der Waals surface area contributed by atoms with Gasteiger partial charge in [0.15, 0.2) is 6.61 Å². The number of hydrogen-bond acceptors (Lipinski definition) is 7. The van der Waals surface area contributed by atoms with Crippen LogP contribution in [0.1, 0.15) is 32.6 Å². The summed E-state index contributed by atoms with van der Waals surface area (Å²) in [6, 6.07) is 4.76. The largest absolute Gasteiger partial charge is 0.454 e. The third kappa shape index (κ3) is 5.07. The van der Waals surface area contributed by atoms with Crippen LogP contribution in [0.2, 0.25) is 5.02 Å². The lowest BCUT2D eigenvalue weighted by Crippen LogP contribution is -2.51. The molecule has 3 aliphatic rings. The minimum atomic E-state index is -3.71. The van der Waals surface area contributed by atoms with Gasteiger partial charge in [-0.05, 0) is 44.0 Å². The Morgan fingerprint density at radius 3 is 2.09 bits per heavy atom. The minimum Gasteiger partial charge on any atom is -0.454 e. The summed E-state index contributed by atoms with van der Waals surface area (Å²) >= 11 is 5.83. The van der Waals surface area contributed by atoms with Gasteiger partial charge in [-0.15, -0.1) is 0 Å². The number of amides is 3. The second-order valence-corrected chi connectivity index (χ2v) is 11.4. The van der Waals surface area contributed by atoms with Crippen molar-refractivity contribution in [3.8, 4) is 0 Å². The number of imide groups is 1. The first-order valence-electron chi connectivity index (χ1n) is 11.7. The standard InChI is InChI=1S/C23H28ClN3O7S/c1-15(27-21(29)18-4-2-3-5-19(18)22(27)30)23(31)34-14-20(28)25-10-12-26(13-11-25)35(32,33)17-8-6-16(24)7-9-17/h6-9,15,18-19H,2-5,10-14H2,1H3/t15-,18+,19+/m0/s1. The Labute approximate surface area is 209 Å². The van der Waals surface area contributed by atoms with Gasteiger partial charge >= 0.3 is 5.97 Å². The first-order chi connectivity index (χ1) is 16.6. The molecule has 1 aromatic carbocycles. The topological polar surface area (TPSA) is 121 Å². The van der Waals surface area contributed by atoms with E-state index >= 15 is 0 Å². The molecule has 0 bridgehead atoms. The Hall–Kier alpha value is -2.50. The molecule has 0 radical (unpaired) electrons. The molecule has 3 amide bonds. The van der Waals surface area contributed by atoms with Crippen LogP contribution in [0, 0.1) is 11.8 Å². The van der Waals surface area contributed by atoms with Gasteiger partial charge < -0.3 is 9.64 Å². The molecule has 1 aliphatic carbocycles. The number of piperazine rings is 1. The number of nitrogens with zero attached hydrogens (tertiary/aromatic N) is 3. The lowest BCUT2D eigenvalue weighted by molar-refractivity contribution is -0.161. The van der Waals surface area contributed by atoms with E-state index in [0.717, 1.165) is 17.7 Å². The maximum absolute atomic E-state index is 12.8. The highest BCUT2D eigenvalue weighted by molar-refractivity contribution is 7.89. The predicted molar refractivity (Wildman–Crippen MR) is 125 cm³/mol. The average Bonchev–Trinajstić information content (AvgIpc) is 3.12. The van der Waals surface area contributed by atoms with Crippen LogP contribution in [0.15, 0.2) is 29.2 Å². The molecule has 12 heteroatoms. The molecule has 0 aromatic heterocycles. The summed E-state index contributed by atoms with van der Waals surface area (Å²) in [6.45, 7) is 1.37. The van der Waals surface area contributed by atoms with E-state index in [4.69, 9.17) is 16.3 Å². The highest BCUT2D eigenvalue weighted by Gasteiger charge is 2.51. The molecule has 35 heavy (non-hydrogen) atoms. The Balaban J connectivity index is 1.28. The van der Waals surface area contributed by atoms with E-state index in [-0.39, 0.29) is 54.7 Å². The Morgan fingerprint density at radius 2 is 1.54 bits per heavy atom. The zero-order chi connectivity index (χ0) is 25.3. The van der Waals surface area contributed by atoms with Gasteiger partial charge in [0.05, 0.1) is 16.7 Å². The Bertz CT molecular complexity index is 1090. The molecular formula is C23H28ClN3O7S. The van der Waals surface area contributed by atoms with Crippen LogP contribution < -0.4 is 0 Å². The van der Waals surface area contributed by atoms with Gasteiger partial charge in [0, 0.05) is 31.2 Å². The smallest absolute Gasteiger partial charge is 0.329 e. The number of rotatable bonds is 6. The van der Waals surface area contributed by atoms with Gasteiger partial charge in [0.2, 0.25) is 21.8 Å². The Morgan fingerprint density at radius 1 is 1.00 bits per heavy atom. The molecule has 0 spiro atoms. The molecule has 1 aromatic rings. The Kier molecular flexibility index (Phi) is 7.48. The minimum absolute atomic E-state index is 0.0978. The average molecular weight is 526 g/mol. The summed E-state index contributed by atoms with van der Waals surface area (Å²) in [4.78, 5) is 53.0. The molecular weight excluding hydrogens is 498 g/mol. The van der Waals surface area contributed by atoms with Crippen LogP contribution in [0.3, 0.4) is 0 Å². The number of esters is 1. The molecule has 3 fully saturated rings. The van der Waals surface area contributed by atoms with E-state index in [9.17, 15) is 27.6 Å². The molecule has 10 nitrogen and oxygen atoms in total. The lowest BCUT2D eigenvalue weighted by atomic mass is 9.81. The molecule has 4 rings (SSSR count). The number of halogens is 1. The van der Waals surface area contributed by atoms with Gasteiger partial charge in [-0.3, -0.25) is 19.3 Å². The summed E-state index contributed by atoms with van der Waals surface area (Å²) in [5.74, 6) is -2.70. The van der Waals surface area contributed by atoms with E-state index in [1.807, 2.05) is 0 Å². The van der Waals surface area contributed by atoms with Crippen molar-refractivity contribution in [2.24, 2.45) is 11.8 Å². The zero-order valence-electron chi connectivity index (χ0n) is 19.4. The van der Waals surface area contributed by atoms with E-state index in [1.165, 1.54) is 40.4 Å². The number of carbonyl (C=O) groups is 4. The number of carbonyl (C=O) groups excluding carboxylic acids is 4. The highest BCUT2D eigenvalue weighted by Crippen LogP contribution is 2.38. The molecule has 3 atom stereocenters. The van der Waals surface area contributed by atoms with Crippen LogP contribution in [0.5, 0.6) is 0 Å². The quantitative estimate of drug-likeness (QED) is 0.405. The number of ether oxygens (including phenoxy) is 1. The number of likely N-dealkylation sites (tertiary alicyclic amines) is 1. The first kappa shape index (κ1) is 25.6. The van der Waals surface area contributed by atoms with Gasteiger partial charge in [0.1, 0.15) is 6.04 Å². The number of benzene rings is 1. The molecule has 2 saturated heterocycles. The van der Waals surface area contributed by atoms with Crippen LogP contribution >= 0.6 is 11.6 Å². The number of fused-ring (bicyclic) bond motifs is 1. The van der Waals surface area contributed by atoms with Crippen molar-refractivity contribution in [3.63, 3.8) is 0 Å². The second kappa shape index (κ2) is 10.2. The van der Waals surface area contributed by atoms with E-state index in [1.54, 1.807) is 0 Å². The summed E-state index contributed by atoms with van der Waals surface area (Å²) in [5, 5.41) is 0.431. The third-order valence-corrected chi connectivity index (χ3v) is 9.15. The van der Waals surface area contributed by atoms with Gasteiger partial charge in [0.25, 0.3) is 5.91 Å². The molecule has 190 valence electrons. The van der Waals surface area contributed by atoms with Gasteiger partial charge in [-0.1, -0.05) is 24.4 Å². The fourth-order valence-electron chi connectivity index (χ4n) is 4.95. The number of sulfonamides is 1. The third-order valence-electron chi connectivity index (χ3n) is 6.98. The van der Waals surface area contributed by atoms with Crippen molar-refractivity contribution in [2.75, 3.05) is 32.8 Å². The van der Waals surface area contributed by atoms with Crippen LogP contribution in [0.4, 0.5) is 0 Å². The van der Waals surface area contributed by atoms with E-state index in [0.29, 0.717) is 17.9 Å².